The largest absolute Gasteiger partial charge is 0.362 e. The Morgan fingerprint density at radius 3 is 2.86 bits per heavy atom. The van der Waals surface area contributed by atoms with Crippen LogP contribution in [0.2, 0.25) is 5.02 Å². The second kappa shape index (κ2) is 6.64. The average Bonchev–Trinajstić information content (AvgIpc) is 3.31. The number of nitrogens with zero attached hydrogens (tertiary/aromatic N) is 5. The Bertz CT molecular complexity index is 954. The van der Waals surface area contributed by atoms with Crippen molar-refractivity contribution in [1.82, 2.24) is 19.6 Å². The molecule has 1 spiro atoms. The molecular formula is C21H25ClN6. The first-order valence-corrected chi connectivity index (χ1v) is 10.3. The van der Waals surface area contributed by atoms with Crippen LogP contribution in [-0.4, -0.2) is 57.3 Å². The van der Waals surface area contributed by atoms with Gasteiger partial charge in [0.2, 0.25) is 0 Å². The van der Waals surface area contributed by atoms with Crippen LogP contribution in [0, 0.1) is 6.92 Å². The predicted molar refractivity (Wildman–Crippen MR) is 114 cm³/mol. The second-order valence-electron chi connectivity index (χ2n) is 7.88. The zero-order valence-corrected chi connectivity index (χ0v) is 16.9. The van der Waals surface area contributed by atoms with Gasteiger partial charge in [0.05, 0.1) is 12.2 Å². The molecule has 7 heteroatoms. The Morgan fingerprint density at radius 1 is 1.29 bits per heavy atom. The van der Waals surface area contributed by atoms with E-state index in [1.807, 2.05) is 12.1 Å². The Kier molecular flexibility index (Phi) is 4.21. The Hall–Kier alpha value is -2.31. The lowest BCUT2D eigenvalue weighted by Gasteiger charge is -2.52. The highest BCUT2D eigenvalue weighted by Crippen LogP contribution is 2.40. The summed E-state index contributed by atoms with van der Waals surface area (Å²) in [6.07, 6.45) is 5.92. The molecule has 28 heavy (non-hydrogen) atoms. The van der Waals surface area contributed by atoms with Gasteiger partial charge in [-0.25, -0.2) is 4.68 Å². The molecule has 1 aromatic carbocycles. The number of rotatable bonds is 3. The van der Waals surface area contributed by atoms with Crippen molar-refractivity contribution in [3.63, 3.8) is 0 Å². The van der Waals surface area contributed by atoms with Crippen molar-refractivity contribution in [2.45, 2.75) is 32.0 Å². The van der Waals surface area contributed by atoms with E-state index in [4.69, 9.17) is 16.6 Å². The van der Waals surface area contributed by atoms with Gasteiger partial charge in [-0.3, -0.25) is 9.89 Å². The maximum atomic E-state index is 6.27. The van der Waals surface area contributed by atoms with Crippen molar-refractivity contribution in [1.29, 1.82) is 0 Å². The Labute approximate surface area is 170 Å². The Balaban J connectivity index is 1.36. The summed E-state index contributed by atoms with van der Waals surface area (Å²) in [5, 5.41) is 9.08. The van der Waals surface area contributed by atoms with E-state index in [0.29, 0.717) is 0 Å². The highest BCUT2D eigenvalue weighted by Gasteiger charge is 2.46. The van der Waals surface area contributed by atoms with Gasteiger partial charge in [-0.15, -0.1) is 0 Å². The molecule has 0 atom stereocenters. The summed E-state index contributed by atoms with van der Waals surface area (Å²) < 4.78 is 1.80. The minimum atomic E-state index is -0.0656. The second-order valence-corrected chi connectivity index (χ2v) is 8.32. The molecule has 0 bridgehead atoms. The van der Waals surface area contributed by atoms with Crippen molar-refractivity contribution in [2.75, 3.05) is 31.5 Å². The van der Waals surface area contributed by atoms with E-state index in [0.717, 1.165) is 67.8 Å². The number of nitrogens with one attached hydrogen (secondary N) is 1. The number of aryl methyl sites for hydroxylation is 1. The van der Waals surface area contributed by atoms with E-state index < -0.39 is 0 Å². The third-order valence-corrected chi connectivity index (χ3v) is 6.47. The fourth-order valence-electron chi connectivity index (χ4n) is 4.71. The predicted octanol–water partition coefficient (Wildman–Crippen LogP) is 3.43. The lowest BCUT2D eigenvalue weighted by atomic mass is 9.90. The molecule has 0 saturated carbocycles. The summed E-state index contributed by atoms with van der Waals surface area (Å²) in [6.45, 7) is 10.7. The minimum absolute atomic E-state index is 0.0656. The molecule has 3 aliphatic heterocycles. The molecule has 0 aliphatic carbocycles. The number of benzene rings is 1. The summed E-state index contributed by atoms with van der Waals surface area (Å²) in [5.41, 5.74) is 4.56. The molecule has 3 aliphatic rings. The first kappa shape index (κ1) is 17.8. The molecule has 1 aromatic heterocycles. The summed E-state index contributed by atoms with van der Waals surface area (Å²) in [4.78, 5) is 9.82. The highest BCUT2D eigenvalue weighted by atomic mass is 35.5. The van der Waals surface area contributed by atoms with Gasteiger partial charge in [-0.1, -0.05) is 18.2 Å². The quantitative estimate of drug-likeness (QED) is 0.863. The molecule has 6 nitrogen and oxygen atoms in total. The third-order valence-electron chi connectivity index (χ3n) is 6.23. The van der Waals surface area contributed by atoms with E-state index in [-0.39, 0.29) is 5.66 Å². The molecule has 5 rings (SSSR count). The van der Waals surface area contributed by atoms with Gasteiger partial charge in [0.1, 0.15) is 11.5 Å². The fraction of sp³-hybridized carbons (Fsp3) is 0.429. The van der Waals surface area contributed by atoms with Crippen LogP contribution in [0.4, 0.5) is 5.69 Å². The number of anilines is 1. The molecular weight excluding hydrogens is 372 g/mol. The standard InChI is InChI=1S/C21H25ClN6/c1-3-27-14-16(15(2)25-27)13-26-9-6-21(7-10-26)24-19-12-17(22)4-5-18(19)20-23-8-11-28(20)21/h3-5,12,14,24H,1,6-11,13H2,2H3. The number of piperidine rings is 1. The van der Waals surface area contributed by atoms with Gasteiger partial charge in [0.25, 0.3) is 0 Å². The summed E-state index contributed by atoms with van der Waals surface area (Å²) in [7, 11) is 0. The van der Waals surface area contributed by atoms with Crippen LogP contribution >= 0.6 is 11.6 Å². The van der Waals surface area contributed by atoms with Crippen LogP contribution < -0.4 is 5.32 Å². The lowest BCUT2D eigenvalue weighted by molar-refractivity contribution is 0.0895. The Morgan fingerprint density at radius 2 is 2.11 bits per heavy atom. The monoisotopic (exact) mass is 396 g/mol. The number of amidine groups is 1. The molecule has 4 heterocycles. The van der Waals surface area contributed by atoms with Gasteiger partial charge in [-0.05, 0) is 25.1 Å². The molecule has 146 valence electrons. The summed E-state index contributed by atoms with van der Waals surface area (Å²) >= 11 is 6.27. The van der Waals surface area contributed by atoms with Gasteiger partial charge in [0.15, 0.2) is 0 Å². The molecule has 0 unspecified atom stereocenters. The van der Waals surface area contributed by atoms with E-state index in [1.54, 1.807) is 10.9 Å². The van der Waals surface area contributed by atoms with Crippen LogP contribution in [0.3, 0.4) is 0 Å². The zero-order chi connectivity index (χ0) is 19.3. The third kappa shape index (κ3) is 2.83. The topological polar surface area (TPSA) is 48.7 Å². The average molecular weight is 397 g/mol. The molecule has 1 fully saturated rings. The maximum Gasteiger partial charge on any atom is 0.134 e. The normalized spacial score (nSPS) is 20.5. The van der Waals surface area contributed by atoms with Crippen molar-refractivity contribution in [3.05, 3.63) is 52.8 Å². The smallest absolute Gasteiger partial charge is 0.134 e. The zero-order valence-electron chi connectivity index (χ0n) is 16.2. The van der Waals surface area contributed by atoms with Crippen LogP contribution in [0.25, 0.3) is 6.20 Å². The number of aromatic nitrogens is 2. The molecule has 0 radical (unpaired) electrons. The SMILES string of the molecule is C=Cn1cc(CN2CCC3(CC2)Nc2cc(Cl)ccc2C2=NCCN23)c(C)n1. The highest BCUT2D eigenvalue weighted by molar-refractivity contribution is 6.31. The number of fused-ring (bicyclic) bond motifs is 4. The van der Waals surface area contributed by atoms with E-state index >= 15 is 0 Å². The summed E-state index contributed by atoms with van der Waals surface area (Å²) in [5.74, 6) is 1.13. The van der Waals surface area contributed by atoms with Gasteiger partial charge in [-0.2, -0.15) is 5.10 Å². The number of likely N-dealkylation sites (tertiary alicyclic amines) is 1. The fourth-order valence-corrected chi connectivity index (χ4v) is 4.88. The number of hydrogen-bond acceptors (Lipinski definition) is 5. The van der Waals surface area contributed by atoms with Gasteiger partial charge < -0.3 is 10.2 Å². The number of aliphatic imine (C=N–C) groups is 1. The molecule has 1 saturated heterocycles. The van der Waals surface area contributed by atoms with Crippen LogP contribution in [0.5, 0.6) is 0 Å². The van der Waals surface area contributed by atoms with Crippen LogP contribution in [0.15, 0.2) is 36.0 Å². The first-order valence-electron chi connectivity index (χ1n) is 9.88. The maximum absolute atomic E-state index is 6.27. The number of halogens is 1. The molecule has 0 amide bonds. The number of hydrogen-bond donors (Lipinski definition) is 1. The van der Waals surface area contributed by atoms with Crippen molar-refractivity contribution in [2.24, 2.45) is 4.99 Å². The summed E-state index contributed by atoms with van der Waals surface area (Å²) in [6, 6.07) is 6.08. The molecule has 1 N–H and O–H groups in total. The van der Waals surface area contributed by atoms with Crippen LogP contribution in [-0.2, 0) is 6.54 Å². The van der Waals surface area contributed by atoms with Gasteiger partial charge in [0, 0.05) is 73.3 Å². The van der Waals surface area contributed by atoms with E-state index in [9.17, 15) is 0 Å². The molecule has 2 aromatic rings. The lowest BCUT2D eigenvalue weighted by Crippen LogP contribution is -2.63. The van der Waals surface area contributed by atoms with E-state index in [2.05, 4.69) is 46.0 Å². The van der Waals surface area contributed by atoms with E-state index in [1.165, 1.54) is 11.1 Å². The van der Waals surface area contributed by atoms with Crippen LogP contribution in [0.1, 0.15) is 29.7 Å². The van der Waals surface area contributed by atoms with Crippen molar-refractivity contribution in [3.8, 4) is 0 Å². The van der Waals surface area contributed by atoms with Gasteiger partial charge >= 0.3 is 0 Å². The first-order chi connectivity index (χ1) is 13.6. The van der Waals surface area contributed by atoms with Crippen molar-refractivity contribution >= 4 is 29.3 Å². The minimum Gasteiger partial charge on any atom is -0.362 e. The van der Waals surface area contributed by atoms with Crippen molar-refractivity contribution < 1.29 is 0 Å².